The van der Waals surface area contributed by atoms with Crippen LogP contribution in [-0.4, -0.2) is 23.4 Å². The molecular weight excluding hydrogens is 234 g/mol. The molecule has 2 N–H and O–H groups in total. The lowest BCUT2D eigenvalue weighted by Crippen LogP contribution is -2.26. The zero-order chi connectivity index (χ0) is 13.1. The molecule has 0 saturated carbocycles. The molecule has 18 heavy (non-hydrogen) atoms. The number of carbonyl (C=O) groups excluding carboxylic acids is 2. The molecule has 0 atom stereocenters. The average molecular weight is 247 g/mol. The molecule has 1 aromatic rings. The molecule has 0 aliphatic carbocycles. The third kappa shape index (κ3) is 2.85. The fourth-order valence-electron chi connectivity index (χ4n) is 1.46. The fraction of sp³-hybridized carbons (Fsp3) is 0.250. The molecule has 0 spiro atoms. The Morgan fingerprint density at radius 1 is 1.50 bits per heavy atom. The fourth-order valence-corrected chi connectivity index (χ4v) is 1.46. The summed E-state index contributed by atoms with van der Waals surface area (Å²) in [5.41, 5.74) is 0.891. The number of aromatic nitrogens is 1. The van der Waals surface area contributed by atoms with Gasteiger partial charge in [0.25, 0.3) is 5.91 Å². The summed E-state index contributed by atoms with van der Waals surface area (Å²) in [5.74, 6) is 0.659. The van der Waals surface area contributed by atoms with Crippen molar-refractivity contribution in [2.45, 2.75) is 13.8 Å². The molecule has 0 aromatic carbocycles. The molecule has 1 aliphatic rings. The van der Waals surface area contributed by atoms with Crippen LogP contribution in [0.2, 0.25) is 0 Å². The zero-order valence-electron chi connectivity index (χ0n) is 10.1. The van der Waals surface area contributed by atoms with E-state index in [0.717, 1.165) is 5.57 Å². The van der Waals surface area contributed by atoms with Crippen LogP contribution in [0.1, 0.15) is 13.8 Å². The number of allylic oxidation sites excluding steroid dienone is 1. The van der Waals surface area contributed by atoms with Gasteiger partial charge in [-0.25, -0.2) is 4.98 Å². The highest BCUT2D eigenvalue weighted by molar-refractivity contribution is 5.99. The highest BCUT2D eigenvalue weighted by Crippen LogP contribution is 2.26. The smallest absolute Gasteiger partial charge is 0.263 e. The van der Waals surface area contributed by atoms with Gasteiger partial charge in [-0.15, -0.1) is 0 Å². The van der Waals surface area contributed by atoms with E-state index in [9.17, 15) is 9.59 Å². The number of anilines is 2. The normalized spacial score (nSPS) is 12.9. The summed E-state index contributed by atoms with van der Waals surface area (Å²) in [7, 11) is 0. The molecule has 2 amide bonds. The summed E-state index contributed by atoms with van der Waals surface area (Å²) < 4.78 is 5.16. The minimum Gasteiger partial charge on any atom is -0.480 e. The Morgan fingerprint density at radius 3 is 3.00 bits per heavy atom. The van der Waals surface area contributed by atoms with Gasteiger partial charge in [-0.05, 0) is 26.0 Å². The van der Waals surface area contributed by atoms with E-state index < -0.39 is 0 Å². The monoisotopic (exact) mass is 247 g/mol. The number of hydrogen-bond donors (Lipinski definition) is 2. The van der Waals surface area contributed by atoms with E-state index in [2.05, 4.69) is 15.6 Å². The maximum atomic E-state index is 11.5. The number of rotatable bonds is 2. The Bertz CT molecular complexity index is 533. The number of carbonyl (C=O) groups is 2. The van der Waals surface area contributed by atoms with Crippen molar-refractivity contribution >= 4 is 23.5 Å². The van der Waals surface area contributed by atoms with E-state index in [1.54, 1.807) is 12.1 Å². The number of nitrogens with one attached hydrogen (secondary N) is 2. The van der Waals surface area contributed by atoms with Gasteiger partial charge in [0.05, 0.1) is 0 Å². The maximum absolute atomic E-state index is 11.5. The number of amides is 2. The Hall–Kier alpha value is -2.37. The number of nitrogens with zero attached hydrogens (tertiary/aromatic N) is 1. The van der Waals surface area contributed by atoms with Crippen LogP contribution in [0.3, 0.4) is 0 Å². The molecule has 0 bridgehead atoms. The van der Waals surface area contributed by atoms with Gasteiger partial charge in [-0.3, -0.25) is 9.59 Å². The average Bonchev–Trinajstić information content (AvgIpc) is 2.27. The van der Waals surface area contributed by atoms with Crippen molar-refractivity contribution in [3.8, 4) is 5.75 Å². The summed E-state index contributed by atoms with van der Waals surface area (Å²) in [6.07, 6.45) is 1.47. The zero-order valence-corrected chi connectivity index (χ0v) is 10.1. The van der Waals surface area contributed by atoms with Crippen molar-refractivity contribution < 1.29 is 14.3 Å². The quantitative estimate of drug-likeness (QED) is 0.772. The predicted octanol–water partition coefficient (Wildman–Crippen LogP) is 1.32. The molecule has 0 fully saturated rings. The predicted molar refractivity (Wildman–Crippen MR) is 66.4 cm³/mol. The van der Waals surface area contributed by atoms with Crippen LogP contribution in [0.4, 0.5) is 11.6 Å². The highest BCUT2D eigenvalue weighted by atomic mass is 16.5. The van der Waals surface area contributed by atoms with Crippen molar-refractivity contribution in [2.75, 3.05) is 17.2 Å². The second-order valence-electron chi connectivity index (χ2n) is 4.09. The van der Waals surface area contributed by atoms with Crippen LogP contribution < -0.4 is 15.4 Å². The molecular formula is C12H13N3O3. The Balaban J connectivity index is 2.16. The first-order chi connectivity index (χ1) is 8.54. The van der Waals surface area contributed by atoms with E-state index in [1.165, 1.54) is 6.08 Å². The lowest BCUT2D eigenvalue weighted by atomic mass is 10.3. The number of fused-ring (bicyclic) bond motifs is 1. The number of hydrogen-bond acceptors (Lipinski definition) is 4. The van der Waals surface area contributed by atoms with Gasteiger partial charge in [0, 0.05) is 6.08 Å². The van der Waals surface area contributed by atoms with E-state index in [-0.39, 0.29) is 18.4 Å². The van der Waals surface area contributed by atoms with Gasteiger partial charge in [0.15, 0.2) is 18.2 Å². The van der Waals surface area contributed by atoms with Crippen molar-refractivity contribution in [2.24, 2.45) is 0 Å². The van der Waals surface area contributed by atoms with Crippen LogP contribution in [0, 0.1) is 0 Å². The SMILES string of the molecule is CC(C)=CC(=O)Nc1ccc2c(n1)NC(=O)CO2. The lowest BCUT2D eigenvalue weighted by Gasteiger charge is -2.17. The molecule has 6 nitrogen and oxygen atoms in total. The summed E-state index contributed by atoms with van der Waals surface area (Å²) in [5, 5.41) is 5.18. The summed E-state index contributed by atoms with van der Waals surface area (Å²) in [6, 6.07) is 3.27. The van der Waals surface area contributed by atoms with E-state index in [1.807, 2.05) is 13.8 Å². The first kappa shape index (κ1) is 12.1. The van der Waals surface area contributed by atoms with Crippen LogP contribution in [0.5, 0.6) is 5.75 Å². The van der Waals surface area contributed by atoms with Crippen molar-refractivity contribution in [1.29, 1.82) is 0 Å². The molecule has 0 unspecified atom stereocenters. The molecule has 0 radical (unpaired) electrons. The summed E-state index contributed by atoms with van der Waals surface area (Å²) in [6.45, 7) is 3.64. The second-order valence-corrected chi connectivity index (χ2v) is 4.09. The maximum Gasteiger partial charge on any atom is 0.263 e. The topological polar surface area (TPSA) is 80.3 Å². The second kappa shape index (κ2) is 4.87. The Kier molecular flexibility index (Phi) is 3.27. The Morgan fingerprint density at radius 2 is 2.28 bits per heavy atom. The first-order valence-electron chi connectivity index (χ1n) is 5.44. The van der Waals surface area contributed by atoms with Crippen LogP contribution in [-0.2, 0) is 9.59 Å². The summed E-state index contributed by atoms with van der Waals surface area (Å²) in [4.78, 5) is 26.7. The van der Waals surface area contributed by atoms with Gasteiger partial charge in [-0.1, -0.05) is 5.57 Å². The van der Waals surface area contributed by atoms with Gasteiger partial charge in [0.2, 0.25) is 5.91 Å². The third-order valence-corrected chi connectivity index (χ3v) is 2.15. The van der Waals surface area contributed by atoms with Gasteiger partial charge >= 0.3 is 0 Å². The van der Waals surface area contributed by atoms with Crippen LogP contribution >= 0.6 is 0 Å². The van der Waals surface area contributed by atoms with E-state index in [4.69, 9.17) is 4.74 Å². The molecule has 1 aromatic heterocycles. The van der Waals surface area contributed by atoms with Gasteiger partial charge in [-0.2, -0.15) is 0 Å². The molecule has 0 saturated heterocycles. The lowest BCUT2D eigenvalue weighted by molar-refractivity contribution is -0.118. The molecule has 2 rings (SSSR count). The molecule has 94 valence electrons. The van der Waals surface area contributed by atoms with Gasteiger partial charge < -0.3 is 15.4 Å². The molecule has 6 heteroatoms. The van der Waals surface area contributed by atoms with E-state index >= 15 is 0 Å². The van der Waals surface area contributed by atoms with Crippen molar-refractivity contribution in [1.82, 2.24) is 4.98 Å². The van der Waals surface area contributed by atoms with Gasteiger partial charge in [0.1, 0.15) is 5.82 Å². The number of ether oxygens (including phenoxy) is 1. The molecule has 2 heterocycles. The van der Waals surface area contributed by atoms with Crippen LogP contribution in [0.25, 0.3) is 0 Å². The van der Waals surface area contributed by atoms with Crippen LogP contribution in [0.15, 0.2) is 23.8 Å². The standard InChI is InChI=1S/C12H13N3O3/c1-7(2)5-10(16)13-9-4-3-8-12(14-9)15-11(17)6-18-8/h3-5H,6H2,1-2H3,(H2,13,14,15,16,17). The van der Waals surface area contributed by atoms with Crippen molar-refractivity contribution in [3.05, 3.63) is 23.8 Å². The van der Waals surface area contributed by atoms with E-state index in [0.29, 0.717) is 17.4 Å². The largest absolute Gasteiger partial charge is 0.480 e. The minimum absolute atomic E-state index is 0.0157. The number of pyridine rings is 1. The van der Waals surface area contributed by atoms with Crippen molar-refractivity contribution in [3.63, 3.8) is 0 Å². The highest BCUT2D eigenvalue weighted by Gasteiger charge is 2.17. The first-order valence-corrected chi connectivity index (χ1v) is 5.44. The summed E-state index contributed by atoms with van der Waals surface area (Å²) >= 11 is 0. The Labute approximate surface area is 104 Å². The minimum atomic E-state index is -0.261. The third-order valence-electron chi connectivity index (χ3n) is 2.15. The molecule has 1 aliphatic heterocycles.